The van der Waals surface area contributed by atoms with Gasteiger partial charge in [-0.2, -0.15) is 0 Å². The summed E-state index contributed by atoms with van der Waals surface area (Å²) in [5.41, 5.74) is 0. The van der Waals surface area contributed by atoms with E-state index in [-0.39, 0.29) is 38.3 Å². The zero-order chi connectivity index (χ0) is 2.71. The van der Waals surface area contributed by atoms with Crippen molar-refractivity contribution in [2.24, 2.45) is 0 Å². The average Bonchev–Trinajstić information content (AvgIpc) is 0.918. The first kappa shape index (κ1) is 37.3. The summed E-state index contributed by atoms with van der Waals surface area (Å²) in [6, 6.07) is 0. The first-order chi connectivity index (χ1) is 1.41. The summed E-state index contributed by atoms with van der Waals surface area (Å²) in [6.45, 7) is -0.250. The van der Waals surface area contributed by atoms with E-state index < -0.39 is 0 Å². The molecule has 0 unspecified atom stereocenters. The molecule has 0 rings (SSSR count). The van der Waals surface area contributed by atoms with E-state index in [9.17, 15) is 0 Å². The Balaban J connectivity index is -0.00000000667. The number of rotatable bonds is 0. The van der Waals surface area contributed by atoms with Gasteiger partial charge in [0, 0.05) is 19.5 Å². The molecule has 0 atom stereocenters. The fourth-order valence-electron chi connectivity index (χ4n) is 0. The smallest absolute Gasteiger partial charge is 0.290 e. The van der Waals surface area contributed by atoms with Crippen molar-refractivity contribution < 1.29 is 29.4 Å². The van der Waals surface area contributed by atoms with Crippen LogP contribution in [0.15, 0.2) is 0 Å². The van der Waals surface area contributed by atoms with Gasteiger partial charge < -0.3 is 17.4 Å². The summed E-state index contributed by atoms with van der Waals surface area (Å²) in [5, 5.41) is 6.89. The van der Waals surface area contributed by atoms with Crippen LogP contribution in [0.2, 0.25) is 0 Å². The molecule has 5 heteroatoms. The van der Waals surface area contributed by atoms with Gasteiger partial charge in [0.15, 0.2) is 0 Å². The van der Waals surface area contributed by atoms with Gasteiger partial charge in [-0.3, -0.25) is 4.79 Å². The van der Waals surface area contributed by atoms with Gasteiger partial charge in [0.05, 0.1) is 0 Å². The molecule has 0 aromatic rings. The van der Waals surface area contributed by atoms with Crippen molar-refractivity contribution in [1.82, 2.24) is 12.3 Å². The molecular weight excluding hydrogens is 137 g/mol. The molecule has 0 amide bonds. The van der Waals surface area contributed by atoms with Crippen LogP contribution in [0.1, 0.15) is 0 Å². The van der Waals surface area contributed by atoms with E-state index >= 15 is 0 Å². The topological polar surface area (TPSA) is 107 Å². The predicted octanol–water partition coefficient (Wildman–Crippen LogP) is 0.0223. The third-order valence-electron chi connectivity index (χ3n) is 0. The summed E-state index contributed by atoms with van der Waals surface area (Å²) < 4.78 is 0. The van der Waals surface area contributed by atoms with Crippen LogP contribution in [0.3, 0.4) is 0 Å². The molecule has 0 saturated carbocycles. The molecule has 0 aliphatic rings. The van der Waals surface area contributed by atoms with E-state index in [1.807, 2.05) is 0 Å². The SMILES string of the molecule is N.N.O=CO.[Zn]. The quantitative estimate of drug-likeness (QED) is 0.330. The normalized spacial score (nSPS) is 2.00. The molecule has 0 aliphatic heterocycles. The third kappa shape index (κ3) is 204000. The van der Waals surface area contributed by atoms with Crippen LogP contribution in [0.4, 0.5) is 0 Å². The molecule has 4 nitrogen and oxygen atoms in total. The minimum Gasteiger partial charge on any atom is -0.483 e. The molecule has 0 radical (unpaired) electrons. The van der Waals surface area contributed by atoms with Gasteiger partial charge in [-0.1, -0.05) is 0 Å². The number of carboxylic acid groups (broad SMARTS) is 1. The molecule has 0 fully saturated rings. The summed E-state index contributed by atoms with van der Waals surface area (Å²) in [5.74, 6) is 0. The first-order valence-corrected chi connectivity index (χ1v) is 0.494. The zero-order valence-corrected chi connectivity index (χ0v) is 6.52. The Labute approximate surface area is 48.8 Å². The predicted molar refractivity (Wildman–Crippen MR) is 18.7 cm³/mol. The van der Waals surface area contributed by atoms with Crippen molar-refractivity contribution in [2.45, 2.75) is 0 Å². The van der Waals surface area contributed by atoms with Crippen molar-refractivity contribution in [2.75, 3.05) is 0 Å². The Hall–Kier alpha value is 0.0134. The maximum Gasteiger partial charge on any atom is 0.290 e. The molecule has 0 aromatic carbocycles. The van der Waals surface area contributed by atoms with E-state index in [0.717, 1.165) is 0 Å². The molecule has 0 bridgehead atoms. The van der Waals surface area contributed by atoms with Crippen LogP contribution in [-0.2, 0) is 24.3 Å². The molecule has 36 valence electrons. The Kier molecular flexibility index (Phi) is 489. The van der Waals surface area contributed by atoms with Gasteiger partial charge in [-0.05, 0) is 0 Å². The molecule has 0 spiro atoms. The van der Waals surface area contributed by atoms with E-state index in [2.05, 4.69) is 0 Å². The standard InChI is InChI=1S/CH2O2.2H3N.Zn/c2-1-3;;;/h1H,(H,2,3);2*1H3;. The van der Waals surface area contributed by atoms with Gasteiger partial charge in [0.25, 0.3) is 6.47 Å². The Morgan fingerprint density at radius 3 is 1.33 bits per heavy atom. The second-order valence-electron chi connectivity index (χ2n) is 0.105. The zero-order valence-electron chi connectivity index (χ0n) is 3.55. The average molecular weight is 145 g/mol. The maximum atomic E-state index is 8.36. The summed E-state index contributed by atoms with van der Waals surface area (Å²) in [4.78, 5) is 8.36. The largest absolute Gasteiger partial charge is 0.483 e. The fourth-order valence-corrected chi connectivity index (χ4v) is 0. The third-order valence-corrected chi connectivity index (χ3v) is 0. The second kappa shape index (κ2) is 78.6. The van der Waals surface area contributed by atoms with Gasteiger partial charge in [0.2, 0.25) is 0 Å². The minimum atomic E-state index is -0.250. The van der Waals surface area contributed by atoms with Gasteiger partial charge >= 0.3 is 0 Å². The summed E-state index contributed by atoms with van der Waals surface area (Å²) in [6.07, 6.45) is 0. The maximum absolute atomic E-state index is 8.36. The van der Waals surface area contributed by atoms with Crippen LogP contribution >= 0.6 is 0 Å². The van der Waals surface area contributed by atoms with Crippen molar-refractivity contribution in [3.8, 4) is 0 Å². The van der Waals surface area contributed by atoms with E-state index in [0.29, 0.717) is 0 Å². The Morgan fingerprint density at radius 1 is 1.33 bits per heavy atom. The van der Waals surface area contributed by atoms with Gasteiger partial charge in [-0.15, -0.1) is 0 Å². The first-order valence-electron chi connectivity index (χ1n) is 0.494. The van der Waals surface area contributed by atoms with Crippen LogP contribution in [-0.4, -0.2) is 11.6 Å². The number of hydrogen-bond donors (Lipinski definition) is 3. The van der Waals surface area contributed by atoms with Crippen molar-refractivity contribution >= 4 is 6.47 Å². The minimum absolute atomic E-state index is 0. The molecule has 7 N–H and O–H groups in total. The fraction of sp³-hybridized carbons (Fsp3) is 0. The Bertz CT molecular complexity index is 19.0. The molecular formula is CH8N2O2Zn. The van der Waals surface area contributed by atoms with Gasteiger partial charge in [-0.25, -0.2) is 0 Å². The van der Waals surface area contributed by atoms with Crippen molar-refractivity contribution in [3.05, 3.63) is 0 Å². The molecule has 0 heterocycles. The molecule has 0 aliphatic carbocycles. The van der Waals surface area contributed by atoms with Crippen molar-refractivity contribution in [3.63, 3.8) is 0 Å². The number of carbonyl (C=O) groups is 1. The van der Waals surface area contributed by atoms with Crippen molar-refractivity contribution in [1.29, 1.82) is 0 Å². The van der Waals surface area contributed by atoms with E-state index in [4.69, 9.17) is 9.90 Å². The van der Waals surface area contributed by atoms with Crippen LogP contribution in [0, 0.1) is 0 Å². The van der Waals surface area contributed by atoms with E-state index in [1.165, 1.54) is 0 Å². The van der Waals surface area contributed by atoms with Crippen LogP contribution in [0.25, 0.3) is 0 Å². The van der Waals surface area contributed by atoms with Crippen LogP contribution in [0.5, 0.6) is 0 Å². The molecule has 6 heavy (non-hydrogen) atoms. The summed E-state index contributed by atoms with van der Waals surface area (Å²) >= 11 is 0. The van der Waals surface area contributed by atoms with Crippen LogP contribution < -0.4 is 12.3 Å². The molecule has 0 saturated heterocycles. The second-order valence-corrected chi connectivity index (χ2v) is 0.105. The number of hydrogen-bond acceptors (Lipinski definition) is 3. The van der Waals surface area contributed by atoms with E-state index in [1.54, 1.807) is 0 Å². The molecule has 0 aromatic heterocycles. The monoisotopic (exact) mass is 144 g/mol. The summed E-state index contributed by atoms with van der Waals surface area (Å²) in [7, 11) is 0. The Morgan fingerprint density at radius 2 is 1.33 bits per heavy atom. The van der Waals surface area contributed by atoms with Gasteiger partial charge in [0.1, 0.15) is 0 Å².